The summed E-state index contributed by atoms with van der Waals surface area (Å²) in [6.45, 7) is 7.93. The summed E-state index contributed by atoms with van der Waals surface area (Å²) in [5, 5.41) is 3.51. The van der Waals surface area contributed by atoms with Crippen LogP contribution in [0.5, 0.6) is 5.75 Å². The van der Waals surface area contributed by atoms with E-state index < -0.39 is 0 Å². The summed E-state index contributed by atoms with van der Waals surface area (Å²) < 4.78 is 7.69. The lowest BCUT2D eigenvalue weighted by Gasteiger charge is -2.35. The quantitative estimate of drug-likeness (QED) is 0.445. The lowest BCUT2D eigenvalue weighted by atomic mass is 10.1. The summed E-state index contributed by atoms with van der Waals surface area (Å²) in [5.41, 5.74) is 2.30. The number of benzene rings is 2. The van der Waals surface area contributed by atoms with Gasteiger partial charge in [0.15, 0.2) is 0 Å². The van der Waals surface area contributed by atoms with Crippen molar-refractivity contribution in [3.8, 4) is 5.75 Å². The summed E-state index contributed by atoms with van der Waals surface area (Å²) in [4.78, 5) is 15.9. The molecule has 3 heterocycles. The first-order chi connectivity index (χ1) is 17.2. The van der Waals surface area contributed by atoms with E-state index in [1.165, 1.54) is 29.7 Å². The van der Waals surface area contributed by atoms with Gasteiger partial charge in [0.1, 0.15) is 17.4 Å². The first kappa shape index (κ1) is 23.8. The van der Waals surface area contributed by atoms with Crippen LogP contribution in [0, 0.1) is 6.92 Å². The summed E-state index contributed by atoms with van der Waals surface area (Å²) in [7, 11) is 1.70. The minimum absolute atomic E-state index is 0.816. The van der Waals surface area contributed by atoms with Crippen molar-refractivity contribution >= 4 is 35.2 Å². The van der Waals surface area contributed by atoms with E-state index in [0.717, 1.165) is 68.3 Å². The van der Waals surface area contributed by atoms with Crippen molar-refractivity contribution < 1.29 is 4.74 Å². The molecule has 0 bridgehead atoms. The predicted octanol–water partition coefficient (Wildman–Crippen LogP) is 5.36. The number of hydrogen-bond acceptors (Lipinski definition) is 8. The fourth-order valence-electron chi connectivity index (χ4n) is 4.46. The lowest BCUT2D eigenvalue weighted by Crippen LogP contribution is -2.44. The van der Waals surface area contributed by atoms with E-state index in [0.29, 0.717) is 0 Å². The van der Waals surface area contributed by atoms with Gasteiger partial charge < -0.3 is 19.9 Å². The van der Waals surface area contributed by atoms with Crippen molar-refractivity contribution in [2.24, 2.45) is 0 Å². The molecular weight excluding hydrogens is 456 g/mol. The molecule has 1 aromatic heterocycles. The van der Waals surface area contributed by atoms with E-state index >= 15 is 0 Å². The molecule has 0 saturated carbocycles. The van der Waals surface area contributed by atoms with Gasteiger partial charge in [-0.05, 0) is 74.5 Å². The van der Waals surface area contributed by atoms with Crippen LogP contribution in [-0.4, -0.2) is 60.7 Å². The van der Waals surface area contributed by atoms with E-state index in [1.807, 2.05) is 12.1 Å². The topological polar surface area (TPSA) is 56.8 Å². The van der Waals surface area contributed by atoms with Crippen LogP contribution in [0.25, 0.3) is 0 Å². The molecule has 5 rings (SSSR count). The highest BCUT2D eigenvalue weighted by molar-refractivity contribution is 7.97. The summed E-state index contributed by atoms with van der Waals surface area (Å²) in [5.74, 6) is 3.59. The molecule has 0 amide bonds. The third-order valence-corrected chi connectivity index (χ3v) is 7.63. The van der Waals surface area contributed by atoms with E-state index in [1.54, 1.807) is 19.1 Å². The van der Waals surface area contributed by atoms with Crippen molar-refractivity contribution in [3.05, 3.63) is 60.2 Å². The molecule has 184 valence electrons. The Bertz CT molecular complexity index is 1090. The molecule has 2 fully saturated rings. The minimum atomic E-state index is 0.816. The fourth-order valence-corrected chi connectivity index (χ4v) is 5.36. The van der Waals surface area contributed by atoms with Gasteiger partial charge in [0.05, 0.1) is 7.11 Å². The Morgan fingerprint density at radius 2 is 1.51 bits per heavy atom. The van der Waals surface area contributed by atoms with Crippen molar-refractivity contribution in [1.29, 1.82) is 0 Å². The average molecular weight is 491 g/mol. The molecule has 0 spiro atoms. The highest BCUT2D eigenvalue weighted by Gasteiger charge is 2.22. The molecule has 2 aliphatic heterocycles. The standard InChI is InChI=1S/C27H34N6OS/c1-21-6-8-22(9-7-21)28-25-20-26(31-14-4-3-5-15-31)30-27(29-25)32-16-18-33(19-17-32)35-24-12-10-23(34-2)11-13-24/h6-13,20H,3-5,14-19H2,1-2H3,(H,28,29,30). The Hall–Kier alpha value is -2.97. The molecule has 35 heavy (non-hydrogen) atoms. The van der Waals surface area contributed by atoms with Crippen LogP contribution in [0.15, 0.2) is 59.5 Å². The van der Waals surface area contributed by atoms with Crippen molar-refractivity contribution in [2.45, 2.75) is 31.1 Å². The van der Waals surface area contributed by atoms with Crippen LogP contribution in [0.4, 0.5) is 23.3 Å². The van der Waals surface area contributed by atoms with Crippen LogP contribution in [0.2, 0.25) is 0 Å². The van der Waals surface area contributed by atoms with Gasteiger partial charge in [-0.2, -0.15) is 9.97 Å². The Balaban J connectivity index is 1.29. The number of nitrogens with one attached hydrogen (secondary N) is 1. The maximum absolute atomic E-state index is 5.28. The molecule has 0 aliphatic carbocycles. The molecule has 3 aromatic rings. The fraction of sp³-hybridized carbons (Fsp3) is 0.407. The SMILES string of the molecule is COc1ccc(SN2CCN(c3nc(Nc4ccc(C)cc4)cc(N4CCCCC4)n3)CC2)cc1. The van der Waals surface area contributed by atoms with Crippen LogP contribution in [0.3, 0.4) is 0 Å². The number of rotatable bonds is 7. The third kappa shape index (κ3) is 6.18. The molecule has 1 N–H and O–H groups in total. The van der Waals surface area contributed by atoms with Gasteiger partial charge in [0.2, 0.25) is 5.95 Å². The van der Waals surface area contributed by atoms with Gasteiger partial charge in [-0.1, -0.05) is 17.7 Å². The van der Waals surface area contributed by atoms with Crippen molar-refractivity contribution in [2.75, 3.05) is 61.5 Å². The van der Waals surface area contributed by atoms with E-state index in [4.69, 9.17) is 14.7 Å². The van der Waals surface area contributed by atoms with Crippen molar-refractivity contribution in [3.63, 3.8) is 0 Å². The number of piperazine rings is 1. The molecule has 7 nitrogen and oxygen atoms in total. The normalized spacial score (nSPS) is 16.9. The summed E-state index contributed by atoms with van der Waals surface area (Å²) >= 11 is 1.80. The number of aromatic nitrogens is 2. The second-order valence-corrected chi connectivity index (χ2v) is 10.3. The molecule has 2 saturated heterocycles. The number of methoxy groups -OCH3 is 1. The zero-order valence-electron chi connectivity index (χ0n) is 20.6. The van der Waals surface area contributed by atoms with Gasteiger partial charge in [-0.15, -0.1) is 0 Å². The van der Waals surface area contributed by atoms with Gasteiger partial charge in [-0.25, -0.2) is 4.31 Å². The minimum Gasteiger partial charge on any atom is -0.497 e. The van der Waals surface area contributed by atoms with Crippen LogP contribution in [-0.2, 0) is 0 Å². The summed E-state index contributed by atoms with van der Waals surface area (Å²) in [6.07, 6.45) is 3.75. The van der Waals surface area contributed by atoms with Gasteiger partial charge in [-0.3, -0.25) is 0 Å². The molecule has 2 aromatic carbocycles. The number of hydrogen-bond donors (Lipinski definition) is 1. The van der Waals surface area contributed by atoms with E-state index in [-0.39, 0.29) is 0 Å². The van der Waals surface area contributed by atoms with Crippen LogP contribution < -0.4 is 19.9 Å². The Labute approximate surface area is 212 Å². The number of anilines is 4. The first-order valence-corrected chi connectivity index (χ1v) is 13.2. The van der Waals surface area contributed by atoms with Crippen LogP contribution >= 0.6 is 11.9 Å². The molecule has 0 radical (unpaired) electrons. The number of piperidine rings is 1. The zero-order chi connectivity index (χ0) is 24.0. The van der Waals surface area contributed by atoms with Gasteiger partial charge in [0, 0.05) is 55.9 Å². The largest absolute Gasteiger partial charge is 0.497 e. The first-order valence-electron chi connectivity index (χ1n) is 12.5. The van der Waals surface area contributed by atoms with Crippen LogP contribution in [0.1, 0.15) is 24.8 Å². The number of nitrogens with zero attached hydrogens (tertiary/aromatic N) is 5. The molecule has 2 aliphatic rings. The van der Waals surface area contributed by atoms with Gasteiger partial charge in [0.25, 0.3) is 0 Å². The van der Waals surface area contributed by atoms with E-state index in [9.17, 15) is 0 Å². The number of aryl methyl sites for hydroxylation is 1. The monoisotopic (exact) mass is 490 g/mol. The Morgan fingerprint density at radius 1 is 0.800 bits per heavy atom. The maximum atomic E-state index is 5.28. The Morgan fingerprint density at radius 3 is 2.20 bits per heavy atom. The summed E-state index contributed by atoms with van der Waals surface area (Å²) in [6, 6.07) is 18.8. The predicted molar refractivity (Wildman–Crippen MR) is 145 cm³/mol. The molecule has 8 heteroatoms. The average Bonchev–Trinajstić information content (AvgIpc) is 2.91. The van der Waals surface area contributed by atoms with E-state index in [2.05, 4.69) is 68.8 Å². The highest BCUT2D eigenvalue weighted by Crippen LogP contribution is 2.29. The van der Waals surface area contributed by atoms with Crippen molar-refractivity contribution in [1.82, 2.24) is 14.3 Å². The third-order valence-electron chi connectivity index (χ3n) is 6.52. The molecule has 0 unspecified atom stereocenters. The Kier molecular flexibility index (Phi) is 7.59. The smallest absolute Gasteiger partial charge is 0.229 e. The highest BCUT2D eigenvalue weighted by atomic mass is 32.2. The zero-order valence-corrected chi connectivity index (χ0v) is 21.4. The molecular formula is C27H34N6OS. The number of ether oxygens (including phenoxy) is 1. The lowest BCUT2D eigenvalue weighted by molar-refractivity contribution is 0.414. The molecule has 0 atom stereocenters. The second kappa shape index (κ2) is 11.2. The maximum Gasteiger partial charge on any atom is 0.229 e. The van der Waals surface area contributed by atoms with Gasteiger partial charge >= 0.3 is 0 Å². The second-order valence-electron chi connectivity index (χ2n) is 9.13.